The van der Waals surface area contributed by atoms with Gasteiger partial charge >= 0.3 is 0 Å². The summed E-state index contributed by atoms with van der Waals surface area (Å²) in [5.41, 5.74) is 22.4. The number of guanidine groups is 1. The number of hydrogen-bond donors (Lipinski definition) is 10. The highest BCUT2D eigenvalue weighted by Gasteiger charge is 2.38. The van der Waals surface area contributed by atoms with E-state index in [1.807, 2.05) is 20.8 Å². The van der Waals surface area contributed by atoms with Gasteiger partial charge in [-0.15, -0.1) is 0 Å². The van der Waals surface area contributed by atoms with Crippen LogP contribution in [0.2, 0.25) is 0 Å². The average Bonchev–Trinajstić information content (AvgIpc) is 1.83. The maximum absolute atomic E-state index is 14.5. The molecule has 0 fully saturated rings. The van der Waals surface area contributed by atoms with Gasteiger partial charge in [0.1, 0.15) is 0 Å². The van der Waals surface area contributed by atoms with Crippen molar-refractivity contribution in [1.29, 1.82) is 0 Å². The molecule has 0 heterocycles. The summed E-state index contributed by atoms with van der Waals surface area (Å²) in [5, 5.41) is 24.5. The van der Waals surface area contributed by atoms with Crippen LogP contribution in [0.15, 0.2) is 4.99 Å². The number of aliphatic hydroxyl groups excluding tert-OH is 1. The van der Waals surface area contributed by atoms with Crippen molar-refractivity contribution in [3.05, 3.63) is 0 Å². The Labute approximate surface area is 533 Å². The number of carbonyl (C=O) groups is 11. The van der Waals surface area contributed by atoms with Gasteiger partial charge in [0.25, 0.3) is 0 Å². The van der Waals surface area contributed by atoms with Gasteiger partial charge in [0.2, 0.25) is 35.4 Å². The molecule has 512 valence electrons. The quantitative estimate of drug-likeness (QED) is 0.0166. The molecule has 11 atom stereocenters. The second-order valence-corrected chi connectivity index (χ2v) is 26.1. The molecule has 0 saturated carbocycles. The molecule has 0 spiro atoms. The van der Waals surface area contributed by atoms with Crippen LogP contribution in [0.4, 0.5) is 0 Å². The summed E-state index contributed by atoms with van der Waals surface area (Å²) in [6.07, 6.45) is 14.6. The first kappa shape index (κ1) is 83.4. The lowest BCUT2D eigenvalue weighted by Crippen LogP contribution is -2.51. The van der Waals surface area contributed by atoms with Crippen LogP contribution in [0.5, 0.6) is 0 Å². The van der Waals surface area contributed by atoms with Crippen molar-refractivity contribution in [2.75, 3.05) is 13.1 Å². The van der Waals surface area contributed by atoms with Crippen LogP contribution in [-0.4, -0.2) is 125 Å². The van der Waals surface area contributed by atoms with Crippen molar-refractivity contribution >= 4 is 70.3 Å². The third kappa shape index (κ3) is 36.1. The van der Waals surface area contributed by atoms with Crippen LogP contribution in [0.3, 0.4) is 0 Å². The molecule has 0 aliphatic heterocycles. The Bertz CT molecular complexity index is 2200. The van der Waals surface area contributed by atoms with E-state index in [1.165, 1.54) is 65.2 Å². The number of unbranched alkanes of at least 4 members (excludes halogenated alkanes) is 13. The van der Waals surface area contributed by atoms with Gasteiger partial charge in [-0.3, -0.25) is 57.7 Å². The standard InChI is InChI=1S/C67H122N10O12/c1-13-16-17-18-19-20-21-22-23-24-25-26-27-33-60(85)74-53(41-59(69)84)56(81)39-50(45(10)14-2)65(88)77-62(44(8)9)57(82)37-48(31-30-35-72-67(70)71)63(86)76-61(43(6)7)58(83)38-49(36-42(4)5)64(87)73-46(11)55(80)40-51(47(12)78)66(89)75-52(54(79)15-3)32-28-29-34-68/h42-53,61-62,78H,13-41,68H2,1-12H3,(H2,69,84)(H,73,87)(H,74,85)(H,75,89)(H,76,86)(H,77,88)(H4,70,71,72)/t45-,46-,47+,48+,49+,50-,51-,52-,53-,61-,62-/m0/s1. The maximum atomic E-state index is 14.5. The van der Waals surface area contributed by atoms with Crippen LogP contribution in [0.1, 0.15) is 256 Å². The number of aliphatic imine (C=N–C) groups is 1. The van der Waals surface area contributed by atoms with Crippen LogP contribution >= 0.6 is 0 Å². The van der Waals surface area contributed by atoms with Gasteiger partial charge in [0.15, 0.2) is 34.9 Å². The molecule has 0 aliphatic rings. The number of aliphatic hydroxyl groups is 1. The molecule has 0 aromatic rings. The van der Waals surface area contributed by atoms with Crippen LogP contribution < -0.4 is 49.5 Å². The minimum atomic E-state index is -1.27. The number of hydrogen-bond acceptors (Lipinski definition) is 14. The molecular weight excluding hydrogens is 1140 g/mol. The summed E-state index contributed by atoms with van der Waals surface area (Å²) in [6, 6.07) is -5.45. The molecule has 0 saturated heterocycles. The second-order valence-electron chi connectivity index (χ2n) is 26.1. The number of nitrogens with two attached hydrogens (primary N) is 4. The SMILES string of the molecule is CCCCCCCCCCCCCCCC(=O)N[C@@H](CC(N)=O)C(=O)C[C@H](C(=O)N[C@H](C(=O)C[C@@H](CCCN=C(N)N)C(=O)N[C@H](C(=O)C[C@@H](CC(C)C)C(=O)N[C@@H](C)C(=O)C[C@H](C(=O)N[C@@H](CCCCN)C(=O)CC)[C@@H](C)O)C(C)C)C(C)C)[C@@H](C)CC. The van der Waals surface area contributed by atoms with E-state index in [1.54, 1.807) is 41.5 Å². The molecule has 0 rings (SSSR count). The Kier molecular flexibility index (Phi) is 44.3. The van der Waals surface area contributed by atoms with E-state index in [2.05, 4.69) is 38.5 Å². The lowest BCUT2D eigenvalue weighted by Gasteiger charge is -2.29. The van der Waals surface area contributed by atoms with Crippen molar-refractivity contribution in [2.45, 2.75) is 293 Å². The number of rotatable bonds is 54. The molecule has 14 N–H and O–H groups in total. The van der Waals surface area contributed by atoms with Crippen LogP contribution in [0.25, 0.3) is 0 Å². The number of ketones is 5. The summed E-state index contributed by atoms with van der Waals surface area (Å²) in [6.45, 7) is 21.5. The smallest absolute Gasteiger partial charge is 0.226 e. The molecular formula is C67H122N10O12. The minimum absolute atomic E-state index is 0.0884. The number of carbonyl (C=O) groups excluding carboxylic acids is 11. The summed E-state index contributed by atoms with van der Waals surface area (Å²) in [5.74, 6) is -11.8. The first-order valence-corrected chi connectivity index (χ1v) is 33.8. The molecule has 0 radical (unpaired) electrons. The Morgan fingerprint density at radius 1 is 0.461 bits per heavy atom. The second kappa shape index (κ2) is 47.3. The molecule has 0 unspecified atom stereocenters. The number of Topliss-reactive ketones (excluding diaryl/α,β-unsaturated/α-hetero) is 5. The van der Waals surface area contributed by atoms with Crippen molar-refractivity contribution in [3.63, 3.8) is 0 Å². The largest absolute Gasteiger partial charge is 0.393 e. The Balaban J connectivity index is 6.35. The molecule has 89 heavy (non-hydrogen) atoms. The highest BCUT2D eigenvalue weighted by molar-refractivity contribution is 5.99. The van der Waals surface area contributed by atoms with Gasteiger partial charge in [-0.25, -0.2) is 0 Å². The fraction of sp³-hybridized carbons (Fsp3) is 0.821. The van der Waals surface area contributed by atoms with Gasteiger partial charge in [-0.2, -0.15) is 0 Å². The van der Waals surface area contributed by atoms with E-state index in [9.17, 15) is 57.8 Å². The third-order valence-corrected chi connectivity index (χ3v) is 16.9. The molecule has 0 aliphatic carbocycles. The lowest BCUT2D eigenvalue weighted by molar-refractivity contribution is -0.138. The maximum Gasteiger partial charge on any atom is 0.226 e. The van der Waals surface area contributed by atoms with Crippen molar-refractivity contribution in [3.8, 4) is 0 Å². The van der Waals surface area contributed by atoms with E-state index in [0.717, 1.165) is 25.7 Å². The topological polar surface area (TPSA) is 385 Å². The van der Waals surface area contributed by atoms with Crippen molar-refractivity contribution in [1.82, 2.24) is 26.6 Å². The zero-order valence-corrected chi connectivity index (χ0v) is 56.8. The number of nitrogens with one attached hydrogen (secondary N) is 5. The van der Waals surface area contributed by atoms with Gasteiger partial charge < -0.3 is 54.6 Å². The first-order chi connectivity index (χ1) is 41.9. The predicted octanol–water partition coefficient (Wildman–Crippen LogP) is 7.04. The molecule has 6 amide bonds. The Morgan fingerprint density at radius 3 is 1.43 bits per heavy atom. The summed E-state index contributed by atoms with van der Waals surface area (Å²) in [4.78, 5) is 155. The zero-order chi connectivity index (χ0) is 67.8. The summed E-state index contributed by atoms with van der Waals surface area (Å²) >= 11 is 0. The van der Waals surface area contributed by atoms with E-state index < -0.39 is 137 Å². The normalized spacial score (nSPS) is 15.2. The number of amides is 6. The number of primary amides is 1. The Morgan fingerprint density at radius 2 is 0.955 bits per heavy atom. The summed E-state index contributed by atoms with van der Waals surface area (Å²) < 4.78 is 0. The third-order valence-electron chi connectivity index (χ3n) is 16.9. The van der Waals surface area contributed by atoms with Crippen LogP contribution in [0, 0.1) is 47.3 Å². The molecule has 22 heteroatoms. The molecule has 22 nitrogen and oxygen atoms in total. The highest BCUT2D eigenvalue weighted by Crippen LogP contribution is 2.26. The van der Waals surface area contributed by atoms with Crippen LogP contribution in [-0.2, 0) is 52.7 Å². The predicted molar refractivity (Wildman–Crippen MR) is 350 cm³/mol. The lowest BCUT2D eigenvalue weighted by atomic mass is 9.83. The average molecular weight is 1260 g/mol. The first-order valence-electron chi connectivity index (χ1n) is 33.8. The van der Waals surface area contributed by atoms with E-state index in [-0.39, 0.29) is 87.4 Å². The van der Waals surface area contributed by atoms with Crippen molar-refractivity contribution < 1.29 is 57.8 Å². The zero-order valence-electron chi connectivity index (χ0n) is 56.8. The van der Waals surface area contributed by atoms with Gasteiger partial charge in [0, 0.05) is 62.8 Å². The minimum Gasteiger partial charge on any atom is -0.393 e. The number of nitrogens with zero attached hydrogens (tertiary/aromatic N) is 1. The van der Waals surface area contributed by atoms with Crippen molar-refractivity contribution in [2.24, 2.45) is 75.3 Å². The highest BCUT2D eigenvalue weighted by atomic mass is 16.3. The monoisotopic (exact) mass is 1260 g/mol. The van der Waals surface area contributed by atoms with E-state index >= 15 is 0 Å². The fourth-order valence-corrected chi connectivity index (χ4v) is 11.1. The molecule has 0 aromatic carbocycles. The van der Waals surface area contributed by atoms with Gasteiger partial charge in [0.05, 0.1) is 48.7 Å². The molecule has 0 bridgehead atoms. The van der Waals surface area contributed by atoms with Gasteiger partial charge in [-0.1, -0.05) is 153 Å². The fourth-order valence-electron chi connectivity index (χ4n) is 11.1. The summed E-state index contributed by atoms with van der Waals surface area (Å²) in [7, 11) is 0. The van der Waals surface area contributed by atoms with E-state index in [0.29, 0.717) is 38.6 Å². The van der Waals surface area contributed by atoms with E-state index in [4.69, 9.17) is 22.9 Å². The molecule has 0 aromatic heterocycles. The van der Waals surface area contributed by atoms with Gasteiger partial charge in [-0.05, 0) is 89.0 Å². The Hall–Kier alpha value is -5.64.